The summed E-state index contributed by atoms with van der Waals surface area (Å²) in [6.07, 6.45) is 1.50. The van der Waals surface area contributed by atoms with Gasteiger partial charge in [-0.1, -0.05) is 48.6 Å². The van der Waals surface area contributed by atoms with Crippen LogP contribution in [-0.4, -0.2) is 40.3 Å². The van der Waals surface area contributed by atoms with E-state index >= 15 is 0 Å². The Balaban J connectivity index is 1.58. The lowest BCUT2D eigenvalue weighted by atomic mass is 9.84. The minimum Gasteiger partial charge on any atom is -0.492 e. The lowest BCUT2D eigenvalue weighted by molar-refractivity contribution is -0.144. The van der Waals surface area contributed by atoms with Crippen molar-refractivity contribution in [1.29, 1.82) is 0 Å². The number of nitrogens with one attached hydrogen (secondary N) is 1. The maximum Gasteiger partial charge on any atom is 0.453 e. The highest BCUT2D eigenvalue weighted by Crippen LogP contribution is 2.38. The summed E-state index contributed by atoms with van der Waals surface area (Å²) in [5.41, 5.74) is 7.42. The topological polar surface area (TPSA) is 80.1 Å². The van der Waals surface area contributed by atoms with E-state index in [2.05, 4.69) is 15.2 Å². The molecule has 2 aromatic carbocycles. The Morgan fingerprint density at radius 3 is 2.45 bits per heavy atom. The number of ether oxygens (including phenoxy) is 1. The molecule has 9 heteroatoms. The van der Waals surface area contributed by atoms with Crippen LogP contribution in [0.4, 0.5) is 18.9 Å². The number of nitrogens with zero attached hydrogens (tertiary/aromatic N) is 3. The lowest BCUT2D eigenvalue weighted by Gasteiger charge is -2.39. The quantitative estimate of drug-likeness (QED) is 0.507. The number of aromatic amines is 1. The van der Waals surface area contributed by atoms with Crippen molar-refractivity contribution in [2.75, 3.05) is 25.9 Å². The summed E-state index contributed by atoms with van der Waals surface area (Å²) < 4.78 is 45.3. The highest BCUT2D eigenvalue weighted by atomic mass is 19.4. The number of hydrogen-bond donors (Lipinski definition) is 2. The molecule has 0 radical (unpaired) electrons. The second-order valence-corrected chi connectivity index (χ2v) is 7.83. The van der Waals surface area contributed by atoms with Gasteiger partial charge in [0.15, 0.2) is 0 Å². The third-order valence-electron chi connectivity index (χ3n) is 5.68. The molecule has 0 aliphatic heterocycles. The van der Waals surface area contributed by atoms with Gasteiger partial charge in [0.2, 0.25) is 0 Å². The monoisotopic (exact) mass is 455 g/mol. The van der Waals surface area contributed by atoms with Crippen molar-refractivity contribution in [2.24, 2.45) is 0 Å². The Kier molecular flexibility index (Phi) is 6.24. The fraction of sp³-hybridized carbons (Fsp3) is 0.250. The average molecular weight is 455 g/mol. The van der Waals surface area contributed by atoms with E-state index in [9.17, 15) is 13.2 Å². The molecule has 6 nitrogen and oxygen atoms in total. The van der Waals surface area contributed by atoms with E-state index in [1.54, 1.807) is 0 Å². The number of nitrogen functional groups attached to an aromatic ring is 1. The van der Waals surface area contributed by atoms with E-state index in [0.29, 0.717) is 25.3 Å². The van der Waals surface area contributed by atoms with Gasteiger partial charge in [-0.3, -0.25) is 10.00 Å². The highest BCUT2D eigenvalue weighted by Gasteiger charge is 2.42. The first-order valence-electron chi connectivity index (χ1n) is 10.4. The molecule has 0 fully saturated rings. The number of para-hydroxylation sites is 1. The number of halogens is 3. The first-order valence-corrected chi connectivity index (χ1v) is 10.4. The van der Waals surface area contributed by atoms with Gasteiger partial charge < -0.3 is 10.5 Å². The van der Waals surface area contributed by atoms with Gasteiger partial charge in [-0.05, 0) is 48.9 Å². The van der Waals surface area contributed by atoms with Crippen LogP contribution in [0.1, 0.15) is 23.6 Å². The molecule has 0 saturated heterocycles. The number of benzene rings is 2. The molecule has 0 spiro atoms. The van der Waals surface area contributed by atoms with Gasteiger partial charge in [0, 0.05) is 12.2 Å². The molecule has 0 saturated carbocycles. The number of allylic oxidation sites excluding steroid dienone is 2. The lowest BCUT2D eigenvalue weighted by Crippen LogP contribution is -2.45. The van der Waals surface area contributed by atoms with Crippen molar-refractivity contribution in [3.8, 4) is 5.75 Å². The van der Waals surface area contributed by atoms with E-state index in [4.69, 9.17) is 10.5 Å². The molecule has 1 aliphatic rings. The zero-order valence-corrected chi connectivity index (χ0v) is 18.0. The van der Waals surface area contributed by atoms with Crippen molar-refractivity contribution in [2.45, 2.75) is 18.1 Å². The number of anilines is 1. The van der Waals surface area contributed by atoms with Crippen LogP contribution in [0.3, 0.4) is 0 Å². The predicted octanol–water partition coefficient (Wildman–Crippen LogP) is 4.66. The minimum absolute atomic E-state index is 0.126. The molecule has 1 unspecified atom stereocenters. The van der Waals surface area contributed by atoms with Crippen LogP contribution >= 0.6 is 0 Å². The van der Waals surface area contributed by atoms with E-state index in [1.807, 2.05) is 84.8 Å². The van der Waals surface area contributed by atoms with Crippen LogP contribution in [0.5, 0.6) is 5.75 Å². The minimum atomic E-state index is -4.63. The zero-order valence-electron chi connectivity index (χ0n) is 18.0. The molecule has 33 heavy (non-hydrogen) atoms. The number of hydrogen-bond acceptors (Lipinski definition) is 5. The summed E-state index contributed by atoms with van der Waals surface area (Å²) in [6.45, 7) is 0.803. The van der Waals surface area contributed by atoms with Gasteiger partial charge in [0.1, 0.15) is 23.7 Å². The number of aromatic nitrogens is 3. The molecule has 0 amide bonds. The summed E-state index contributed by atoms with van der Waals surface area (Å²) in [6, 6.07) is 16.8. The van der Waals surface area contributed by atoms with Crippen molar-refractivity contribution < 1.29 is 17.9 Å². The van der Waals surface area contributed by atoms with Gasteiger partial charge in [0.25, 0.3) is 5.82 Å². The molecule has 3 aromatic rings. The predicted molar refractivity (Wildman–Crippen MR) is 120 cm³/mol. The Labute approximate surface area is 189 Å². The summed E-state index contributed by atoms with van der Waals surface area (Å²) in [5.74, 6) is -0.336. The molecular formula is C24H24F3N5O. The summed E-state index contributed by atoms with van der Waals surface area (Å²) in [5, 5.41) is 5.93. The molecule has 1 aliphatic carbocycles. The third-order valence-corrected chi connectivity index (χ3v) is 5.68. The Bertz CT molecular complexity index is 1140. The number of alkyl halides is 3. The Morgan fingerprint density at radius 1 is 1.12 bits per heavy atom. The van der Waals surface area contributed by atoms with Crippen LogP contribution < -0.4 is 10.5 Å². The number of H-pyrrole nitrogens is 1. The van der Waals surface area contributed by atoms with Crippen molar-refractivity contribution in [3.63, 3.8) is 0 Å². The fourth-order valence-corrected chi connectivity index (χ4v) is 3.76. The SMILES string of the molecule is CN(CCOc1ccccc1)C1(c2nc(C(F)(F)F)n[nH]2)C=CC(c2ccc(N)cc2)=CC1. The van der Waals surface area contributed by atoms with Crippen LogP contribution in [-0.2, 0) is 11.7 Å². The maximum absolute atomic E-state index is 13.2. The summed E-state index contributed by atoms with van der Waals surface area (Å²) in [4.78, 5) is 5.72. The zero-order chi connectivity index (χ0) is 23.5. The van der Waals surface area contributed by atoms with Gasteiger partial charge in [0.05, 0.1) is 0 Å². The molecule has 1 aromatic heterocycles. The standard InChI is InChI=1S/C24H24F3N5O/c1-32(15-16-33-20-5-3-2-4-6-20)23(21-29-22(31-30-21)24(25,26)27)13-11-18(12-14-23)17-7-9-19(28)10-8-17/h2-13H,14-16,28H2,1H3,(H,29,30,31). The molecule has 3 N–H and O–H groups in total. The van der Waals surface area contributed by atoms with Gasteiger partial charge in [-0.25, -0.2) is 4.98 Å². The van der Waals surface area contributed by atoms with Gasteiger partial charge in [-0.15, -0.1) is 5.10 Å². The summed E-state index contributed by atoms with van der Waals surface area (Å²) in [7, 11) is 1.83. The Morgan fingerprint density at radius 2 is 1.85 bits per heavy atom. The molecule has 0 bridgehead atoms. The number of nitrogens with two attached hydrogens (primary N) is 1. The van der Waals surface area contributed by atoms with Crippen LogP contribution in [0.2, 0.25) is 0 Å². The largest absolute Gasteiger partial charge is 0.492 e. The van der Waals surface area contributed by atoms with E-state index in [1.165, 1.54) is 0 Å². The molecule has 4 rings (SSSR count). The third kappa shape index (κ3) is 4.93. The molecular weight excluding hydrogens is 431 g/mol. The van der Waals surface area contributed by atoms with Crippen LogP contribution in [0, 0.1) is 0 Å². The maximum atomic E-state index is 13.2. The Hall–Kier alpha value is -3.59. The molecule has 1 heterocycles. The first-order chi connectivity index (χ1) is 15.8. The second-order valence-electron chi connectivity index (χ2n) is 7.83. The fourth-order valence-electron chi connectivity index (χ4n) is 3.76. The van der Waals surface area contributed by atoms with Crippen molar-refractivity contribution >= 4 is 11.3 Å². The average Bonchev–Trinajstić information content (AvgIpc) is 3.32. The van der Waals surface area contributed by atoms with Crippen molar-refractivity contribution in [3.05, 3.63) is 90.0 Å². The molecule has 1 atom stereocenters. The normalized spacial score (nSPS) is 18.4. The van der Waals surface area contributed by atoms with Crippen LogP contribution in [0.25, 0.3) is 5.57 Å². The molecule has 172 valence electrons. The number of rotatable bonds is 7. The van der Waals surface area contributed by atoms with Gasteiger partial charge >= 0.3 is 6.18 Å². The first kappa shape index (κ1) is 22.6. The van der Waals surface area contributed by atoms with E-state index in [0.717, 1.165) is 16.9 Å². The van der Waals surface area contributed by atoms with E-state index in [-0.39, 0.29) is 5.82 Å². The highest BCUT2D eigenvalue weighted by molar-refractivity contribution is 5.76. The van der Waals surface area contributed by atoms with Crippen molar-refractivity contribution in [1.82, 2.24) is 20.1 Å². The number of likely N-dealkylation sites (N-methyl/N-ethyl adjacent to an activating group) is 1. The second kappa shape index (κ2) is 9.11. The smallest absolute Gasteiger partial charge is 0.453 e. The summed E-state index contributed by atoms with van der Waals surface area (Å²) >= 11 is 0. The van der Waals surface area contributed by atoms with Crippen LogP contribution in [0.15, 0.2) is 72.8 Å². The van der Waals surface area contributed by atoms with E-state index < -0.39 is 17.5 Å². The van der Waals surface area contributed by atoms with Gasteiger partial charge in [-0.2, -0.15) is 13.2 Å².